The van der Waals surface area contributed by atoms with Crippen molar-refractivity contribution < 1.29 is 4.42 Å². The quantitative estimate of drug-likeness (QED) is 0.831. The summed E-state index contributed by atoms with van der Waals surface area (Å²) in [5.41, 5.74) is 6.36. The van der Waals surface area contributed by atoms with Crippen molar-refractivity contribution in [3.8, 4) is 11.5 Å². The van der Waals surface area contributed by atoms with E-state index in [1.165, 1.54) is 0 Å². The second kappa shape index (κ2) is 5.59. The van der Waals surface area contributed by atoms with Gasteiger partial charge in [-0.3, -0.25) is 0 Å². The van der Waals surface area contributed by atoms with Crippen LogP contribution in [-0.2, 0) is 0 Å². The van der Waals surface area contributed by atoms with E-state index >= 15 is 0 Å². The number of aromatic nitrogens is 3. The topological polar surface area (TPSA) is 89.9 Å². The maximum atomic E-state index is 5.55. The molecule has 0 radical (unpaired) electrons. The van der Waals surface area contributed by atoms with E-state index in [-0.39, 0.29) is 0 Å². The lowest BCUT2D eigenvalue weighted by Gasteiger charge is -2.10. The van der Waals surface area contributed by atoms with Gasteiger partial charge in [-0.2, -0.15) is 0 Å². The smallest absolute Gasteiger partial charge is 0.249 e. The van der Waals surface area contributed by atoms with Crippen molar-refractivity contribution in [2.24, 2.45) is 11.7 Å². The van der Waals surface area contributed by atoms with Gasteiger partial charge in [0.15, 0.2) is 0 Å². The lowest BCUT2D eigenvalue weighted by molar-refractivity contribution is 0.532. The number of pyridine rings is 1. The summed E-state index contributed by atoms with van der Waals surface area (Å²) in [6, 6.07) is 3.79. The minimum atomic E-state index is 0.421. The minimum absolute atomic E-state index is 0.421. The molecule has 6 nitrogen and oxygen atoms in total. The molecule has 18 heavy (non-hydrogen) atoms. The summed E-state index contributed by atoms with van der Waals surface area (Å²) in [6.45, 7) is 5.31. The highest BCUT2D eigenvalue weighted by molar-refractivity contribution is 5.53. The number of nitrogens with zero attached hydrogens (tertiary/aromatic N) is 3. The number of anilines is 1. The van der Waals surface area contributed by atoms with E-state index in [1.807, 2.05) is 12.1 Å². The second-order valence-corrected chi connectivity index (χ2v) is 4.28. The molecule has 1 unspecified atom stereocenters. The Balaban J connectivity index is 2.01. The van der Waals surface area contributed by atoms with E-state index in [1.54, 1.807) is 13.1 Å². The highest BCUT2D eigenvalue weighted by Crippen LogP contribution is 2.17. The second-order valence-electron chi connectivity index (χ2n) is 4.28. The van der Waals surface area contributed by atoms with Crippen LogP contribution in [0.3, 0.4) is 0 Å². The van der Waals surface area contributed by atoms with Crippen molar-refractivity contribution in [2.75, 3.05) is 18.4 Å². The molecular weight excluding hydrogens is 230 g/mol. The molecule has 0 amide bonds. The van der Waals surface area contributed by atoms with Crippen molar-refractivity contribution >= 4 is 5.82 Å². The highest BCUT2D eigenvalue weighted by Gasteiger charge is 2.06. The van der Waals surface area contributed by atoms with Gasteiger partial charge in [0.2, 0.25) is 11.8 Å². The molecule has 0 saturated carbocycles. The molecule has 0 bridgehead atoms. The first-order chi connectivity index (χ1) is 8.69. The number of rotatable bonds is 5. The van der Waals surface area contributed by atoms with Crippen LogP contribution in [0.4, 0.5) is 5.82 Å². The van der Waals surface area contributed by atoms with Gasteiger partial charge in [-0.25, -0.2) is 4.98 Å². The van der Waals surface area contributed by atoms with Crippen molar-refractivity contribution in [3.63, 3.8) is 0 Å². The molecule has 6 heteroatoms. The summed E-state index contributed by atoms with van der Waals surface area (Å²) in [5.74, 6) is 2.27. The number of hydrogen-bond donors (Lipinski definition) is 2. The third-order valence-corrected chi connectivity index (χ3v) is 2.57. The van der Waals surface area contributed by atoms with Gasteiger partial charge in [-0.15, -0.1) is 10.2 Å². The van der Waals surface area contributed by atoms with Crippen molar-refractivity contribution in [1.82, 2.24) is 15.2 Å². The molecule has 0 aliphatic rings. The van der Waals surface area contributed by atoms with E-state index in [0.29, 0.717) is 24.2 Å². The van der Waals surface area contributed by atoms with Gasteiger partial charge in [-0.05, 0) is 24.6 Å². The molecule has 0 fully saturated rings. The number of hydrogen-bond acceptors (Lipinski definition) is 6. The average molecular weight is 247 g/mol. The Morgan fingerprint density at radius 3 is 2.78 bits per heavy atom. The molecule has 2 aromatic rings. The summed E-state index contributed by atoms with van der Waals surface area (Å²) in [4.78, 5) is 4.29. The van der Waals surface area contributed by atoms with Crippen LogP contribution in [0.15, 0.2) is 22.7 Å². The van der Waals surface area contributed by atoms with Gasteiger partial charge in [-0.1, -0.05) is 6.92 Å². The van der Waals surface area contributed by atoms with Gasteiger partial charge < -0.3 is 15.5 Å². The van der Waals surface area contributed by atoms with Crippen LogP contribution in [0.5, 0.6) is 0 Å². The molecular formula is C12H17N5O. The Hall–Kier alpha value is -1.95. The Labute approximate surface area is 106 Å². The van der Waals surface area contributed by atoms with Gasteiger partial charge in [0.05, 0.1) is 5.56 Å². The number of nitrogens with one attached hydrogen (secondary N) is 1. The van der Waals surface area contributed by atoms with E-state index in [9.17, 15) is 0 Å². The summed E-state index contributed by atoms with van der Waals surface area (Å²) in [7, 11) is 0. The molecule has 3 N–H and O–H groups in total. The molecule has 0 aromatic carbocycles. The normalized spacial score (nSPS) is 12.4. The maximum absolute atomic E-state index is 5.55. The predicted octanol–water partition coefficient (Wildman–Crippen LogP) is 1.45. The SMILES string of the molecule is Cc1nnc(-c2ccc(NCC(C)CN)nc2)o1. The maximum Gasteiger partial charge on any atom is 0.249 e. The zero-order chi connectivity index (χ0) is 13.0. The molecule has 96 valence electrons. The third-order valence-electron chi connectivity index (χ3n) is 2.57. The van der Waals surface area contributed by atoms with Crippen LogP contribution < -0.4 is 11.1 Å². The Kier molecular flexibility index (Phi) is 3.88. The standard InChI is InChI=1S/C12H17N5O/c1-8(5-13)6-14-11-4-3-10(7-15-11)12-17-16-9(2)18-12/h3-4,7-8H,5-6,13H2,1-2H3,(H,14,15). The lowest BCUT2D eigenvalue weighted by Crippen LogP contribution is -2.20. The lowest BCUT2D eigenvalue weighted by atomic mass is 10.2. The summed E-state index contributed by atoms with van der Waals surface area (Å²) in [5, 5.41) is 10.9. The van der Waals surface area contributed by atoms with Crippen molar-refractivity contribution in [2.45, 2.75) is 13.8 Å². The summed E-state index contributed by atoms with van der Waals surface area (Å²) >= 11 is 0. The van der Waals surface area contributed by atoms with Gasteiger partial charge in [0, 0.05) is 19.7 Å². The largest absolute Gasteiger partial charge is 0.421 e. The molecule has 0 aliphatic heterocycles. The summed E-state index contributed by atoms with van der Waals surface area (Å²) < 4.78 is 5.33. The Morgan fingerprint density at radius 2 is 2.22 bits per heavy atom. The van der Waals surface area contributed by atoms with Gasteiger partial charge in [0.25, 0.3) is 0 Å². The Morgan fingerprint density at radius 1 is 1.39 bits per heavy atom. The zero-order valence-corrected chi connectivity index (χ0v) is 10.6. The minimum Gasteiger partial charge on any atom is -0.421 e. The molecule has 2 aromatic heterocycles. The molecule has 2 heterocycles. The fourth-order valence-corrected chi connectivity index (χ4v) is 1.40. The first-order valence-corrected chi connectivity index (χ1v) is 5.89. The molecule has 0 saturated heterocycles. The van der Waals surface area contributed by atoms with Crippen LogP contribution >= 0.6 is 0 Å². The first kappa shape index (κ1) is 12.5. The van der Waals surface area contributed by atoms with Crippen LogP contribution in [-0.4, -0.2) is 28.3 Å². The van der Waals surface area contributed by atoms with E-state index in [4.69, 9.17) is 10.2 Å². The van der Waals surface area contributed by atoms with Gasteiger partial charge in [0.1, 0.15) is 5.82 Å². The van der Waals surface area contributed by atoms with E-state index in [2.05, 4.69) is 27.4 Å². The van der Waals surface area contributed by atoms with Crippen LogP contribution in [0.1, 0.15) is 12.8 Å². The monoisotopic (exact) mass is 247 g/mol. The molecule has 0 spiro atoms. The fourth-order valence-electron chi connectivity index (χ4n) is 1.40. The number of aryl methyl sites for hydroxylation is 1. The van der Waals surface area contributed by atoms with E-state index in [0.717, 1.165) is 17.9 Å². The predicted molar refractivity (Wildman–Crippen MR) is 69.0 cm³/mol. The molecule has 1 atom stereocenters. The fraction of sp³-hybridized carbons (Fsp3) is 0.417. The van der Waals surface area contributed by atoms with Gasteiger partial charge >= 0.3 is 0 Å². The number of nitrogens with two attached hydrogens (primary N) is 1. The first-order valence-electron chi connectivity index (χ1n) is 5.89. The van der Waals surface area contributed by atoms with Crippen LogP contribution in [0.2, 0.25) is 0 Å². The molecule has 0 aliphatic carbocycles. The highest BCUT2D eigenvalue weighted by atomic mass is 16.4. The Bertz CT molecular complexity index is 493. The summed E-state index contributed by atoms with van der Waals surface area (Å²) in [6.07, 6.45) is 1.71. The van der Waals surface area contributed by atoms with Crippen molar-refractivity contribution in [1.29, 1.82) is 0 Å². The average Bonchev–Trinajstić information content (AvgIpc) is 2.83. The van der Waals surface area contributed by atoms with Crippen molar-refractivity contribution in [3.05, 3.63) is 24.2 Å². The van der Waals surface area contributed by atoms with Crippen LogP contribution in [0.25, 0.3) is 11.5 Å². The zero-order valence-electron chi connectivity index (χ0n) is 10.6. The third kappa shape index (κ3) is 3.04. The molecule has 2 rings (SSSR count). The van der Waals surface area contributed by atoms with Crippen LogP contribution in [0, 0.1) is 12.8 Å². The van der Waals surface area contributed by atoms with E-state index < -0.39 is 0 Å².